The van der Waals surface area contributed by atoms with Crippen LogP contribution in [-0.4, -0.2) is 26.1 Å². The van der Waals surface area contributed by atoms with Gasteiger partial charge in [0.15, 0.2) is 23.2 Å². The summed E-state index contributed by atoms with van der Waals surface area (Å²) in [4.78, 5) is 35.8. The van der Waals surface area contributed by atoms with Gasteiger partial charge in [0.25, 0.3) is 0 Å². The number of thiophene rings is 1. The Labute approximate surface area is 213 Å². The molecule has 0 amide bonds. The van der Waals surface area contributed by atoms with Crippen LogP contribution < -0.4 is 0 Å². The highest BCUT2D eigenvalue weighted by Gasteiger charge is 2.30. The van der Waals surface area contributed by atoms with E-state index in [2.05, 4.69) is 15.5 Å². The van der Waals surface area contributed by atoms with Gasteiger partial charge in [-0.1, -0.05) is 19.3 Å². The third-order valence-electron chi connectivity index (χ3n) is 6.92. The van der Waals surface area contributed by atoms with E-state index < -0.39 is 5.82 Å². The van der Waals surface area contributed by atoms with E-state index >= 15 is 0 Å². The standard InChI is InChI=1S/C29H26FN3O2S/c1-3-21-11-13-27(36-21)26(35)16-18-7-5-8-20(15-18)33-24-12-10-19(25(34)4-2)17-23(24)32-29(33)28-22(30)9-6-14-31-28/h1,6,9-14,17-18,20H,4-5,7-8,15-16H2,2H3/t18-,20+/m1/s1. The second kappa shape index (κ2) is 10.2. The predicted octanol–water partition coefficient (Wildman–Crippen LogP) is 6.88. The van der Waals surface area contributed by atoms with Crippen LogP contribution in [0.3, 0.4) is 0 Å². The van der Waals surface area contributed by atoms with Gasteiger partial charge >= 0.3 is 0 Å². The lowest BCUT2D eigenvalue weighted by atomic mass is 9.82. The number of benzene rings is 1. The number of pyridine rings is 1. The van der Waals surface area contributed by atoms with Crippen molar-refractivity contribution in [3.8, 4) is 23.9 Å². The summed E-state index contributed by atoms with van der Waals surface area (Å²) in [5.41, 5.74) is 2.28. The van der Waals surface area contributed by atoms with Crippen molar-refractivity contribution in [3.63, 3.8) is 0 Å². The van der Waals surface area contributed by atoms with Crippen LogP contribution >= 0.6 is 11.3 Å². The molecule has 5 nitrogen and oxygen atoms in total. The van der Waals surface area contributed by atoms with Crippen LogP contribution in [0.2, 0.25) is 0 Å². The minimum Gasteiger partial charge on any atom is -0.319 e. The van der Waals surface area contributed by atoms with Gasteiger partial charge in [-0.25, -0.2) is 14.4 Å². The summed E-state index contributed by atoms with van der Waals surface area (Å²) < 4.78 is 16.9. The maximum Gasteiger partial charge on any atom is 0.173 e. The van der Waals surface area contributed by atoms with E-state index in [-0.39, 0.29) is 29.2 Å². The molecule has 36 heavy (non-hydrogen) atoms. The number of hydrogen-bond acceptors (Lipinski definition) is 5. The summed E-state index contributed by atoms with van der Waals surface area (Å²) in [6.07, 6.45) is 11.5. The van der Waals surface area contributed by atoms with Gasteiger partial charge in [-0.05, 0) is 67.6 Å². The molecule has 2 atom stereocenters. The average Bonchev–Trinajstić information content (AvgIpc) is 3.53. The Kier molecular flexibility index (Phi) is 6.80. The van der Waals surface area contributed by atoms with Gasteiger partial charge in [-0.15, -0.1) is 17.8 Å². The Hall–Kier alpha value is -3.63. The molecule has 1 aliphatic carbocycles. The predicted molar refractivity (Wildman–Crippen MR) is 140 cm³/mol. The highest BCUT2D eigenvalue weighted by molar-refractivity contribution is 7.14. The number of rotatable bonds is 7. The smallest absolute Gasteiger partial charge is 0.173 e. The molecule has 182 valence electrons. The molecule has 0 bridgehead atoms. The highest BCUT2D eigenvalue weighted by atomic mass is 32.1. The zero-order valence-corrected chi connectivity index (χ0v) is 20.9. The van der Waals surface area contributed by atoms with Gasteiger partial charge in [0.2, 0.25) is 0 Å². The van der Waals surface area contributed by atoms with Crippen LogP contribution in [-0.2, 0) is 0 Å². The zero-order valence-electron chi connectivity index (χ0n) is 20.0. The minimum atomic E-state index is -0.441. The topological polar surface area (TPSA) is 64.8 Å². The summed E-state index contributed by atoms with van der Waals surface area (Å²) in [6.45, 7) is 1.83. The molecule has 1 aliphatic rings. The number of aromatic nitrogens is 3. The van der Waals surface area contributed by atoms with Crippen molar-refractivity contribution >= 4 is 33.9 Å². The van der Waals surface area contributed by atoms with Crippen molar-refractivity contribution in [2.75, 3.05) is 0 Å². The van der Waals surface area contributed by atoms with E-state index in [0.29, 0.717) is 34.6 Å². The molecule has 3 aromatic heterocycles. The fourth-order valence-corrected chi connectivity index (χ4v) is 5.94. The summed E-state index contributed by atoms with van der Waals surface area (Å²) in [7, 11) is 0. The number of imidazole rings is 1. The number of carbonyl (C=O) groups is 2. The second-order valence-corrected chi connectivity index (χ2v) is 10.3. The number of terminal acetylenes is 1. The van der Waals surface area contributed by atoms with Crippen LogP contribution in [0.5, 0.6) is 0 Å². The van der Waals surface area contributed by atoms with E-state index in [9.17, 15) is 14.0 Å². The maximum atomic E-state index is 14.9. The molecular formula is C29H26FN3O2S. The van der Waals surface area contributed by atoms with E-state index in [1.807, 2.05) is 31.2 Å². The monoisotopic (exact) mass is 499 g/mol. The van der Waals surface area contributed by atoms with Gasteiger partial charge in [0, 0.05) is 30.6 Å². The average molecular weight is 500 g/mol. The van der Waals surface area contributed by atoms with Gasteiger partial charge < -0.3 is 4.57 Å². The van der Waals surface area contributed by atoms with Gasteiger partial charge in [0.1, 0.15) is 5.69 Å². The molecular weight excluding hydrogens is 473 g/mol. The number of nitrogens with zero attached hydrogens (tertiary/aromatic N) is 3. The first kappa shape index (κ1) is 24.1. The lowest BCUT2D eigenvalue weighted by Gasteiger charge is -2.31. The van der Waals surface area contributed by atoms with Crippen molar-refractivity contribution in [3.05, 3.63) is 69.8 Å². The molecule has 0 spiro atoms. The number of fused-ring (bicyclic) bond motifs is 1. The third-order valence-corrected chi connectivity index (χ3v) is 7.98. The Balaban J connectivity index is 1.50. The third kappa shape index (κ3) is 4.61. The fourth-order valence-electron chi connectivity index (χ4n) is 5.17. The van der Waals surface area contributed by atoms with E-state index in [1.54, 1.807) is 18.3 Å². The van der Waals surface area contributed by atoms with E-state index in [0.717, 1.165) is 36.1 Å². The Morgan fingerprint density at radius 3 is 2.81 bits per heavy atom. The molecule has 1 fully saturated rings. The molecule has 1 saturated carbocycles. The van der Waals surface area contributed by atoms with E-state index in [4.69, 9.17) is 11.4 Å². The first-order valence-electron chi connectivity index (χ1n) is 12.2. The lowest BCUT2D eigenvalue weighted by Crippen LogP contribution is -2.22. The SMILES string of the molecule is C#Cc1ccc(C(=O)C[C@@H]2CCC[C@H](n3c(-c4ncccc4F)nc4cc(C(=O)CC)ccc43)C2)s1. The molecule has 7 heteroatoms. The first-order chi connectivity index (χ1) is 17.5. The number of ketones is 2. The Bertz CT molecular complexity index is 1500. The molecule has 4 aromatic rings. The van der Waals surface area contributed by atoms with Crippen LogP contribution in [0.15, 0.2) is 48.7 Å². The largest absolute Gasteiger partial charge is 0.319 e. The number of hydrogen-bond donors (Lipinski definition) is 0. The van der Waals surface area contributed by atoms with Crippen LogP contribution in [0.25, 0.3) is 22.6 Å². The van der Waals surface area contributed by atoms with Gasteiger partial charge in [-0.3, -0.25) is 9.59 Å². The number of Topliss-reactive ketones (excluding diaryl/α,β-unsaturated/α-hetero) is 2. The summed E-state index contributed by atoms with van der Waals surface area (Å²) in [6, 6.07) is 12.1. The van der Waals surface area contributed by atoms with Crippen molar-refractivity contribution in [1.29, 1.82) is 0 Å². The number of carbonyl (C=O) groups excluding carboxylic acids is 2. The molecule has 0 saturated heterocycles. The first-order valence-corrected chi connectivity index (χ1v) is 13.1. The highest BCUT2D eigenvalue weighted by Crippen LogP contribution is 2.40. The molecule has 0 N–H and O–H groups in total. The molecule has 3 heterocycles. The van der Waals surface area contributed by atoms with E-state index in [1.165, 1.54) is 17.4 Å². The van der Waals surface area contributed by atoms with Crippen LogP contribution in [0.1, 0.15) is 76.4 Å². The minimum absolute atomic E-state index is 0.0369. The number of halogens is 1. The summed E-state index contributed by atoms with van der Waals surface area (Å²) >= 11 is 1.36. The maximum absolute atomic E-state index is 14.9. The van der Waals surface area contributed by atoms with Crippen molar-refractivity contribution in [1.82, 2.24) is 14.5 Å². The Morgan fingerprint density at radius 2 is 2.06 bits per heavy atom. The van der Waals surface area contributed by atoms with Crippen LogP contribution in [0, 0.1) is 24.1 Å². The normalized spacial score (nSPS) is 17.7. The second-order valence-electron chi connectivity index (χ2n) is 9.24. The van der Waals surface area contributed by atoms with Crippen LogP contribution in [0.4, 0.5) is 4.39 Å². The summed E-state index contributed by atoms with van der Waals surface area (Å²) in [5, 5.41) is 0. The zero-order chi connectivity index (χ0) is 25.2. The fraction of sp³-hybridized carbons (Fsp3) is 0.310. The quantitative estimate of drug-likeness (QED) is 0.205. The summed E-state index contributed by atoms with van der Waals surface area (Å²) in [5.74, 6) is 2.95. The molecule has 0 radical (unpaired) electrons. The van der Waals surface area contributed by atoms with Gasteiger partial charge in [-0.2, -0.15) is 0 Å². The molecule has 0 unspecified atom stereocenters. The lowest BCUT2D eigenvalue weighted by molar-refractivity contribution is 0.0944. The molecule has 1 aromatic carbocycles. The van der Waals surface area contributed by atoms with Gasteiger partial charge in [0.05, 0.1) is 20.8 Å². The molecule has 5 rings (SSSR count). The van der Waals surface area contributed by atoms with Crippen molar-refractivity contribution in [2.24, 2.45) is 5.92 Å². The van der Waals surface area contributed by atoms with Crippen molar-refractivity contribution < 1.29 is 14.0 Å². The Morgan fingerprint density at radius 1 is 1.19 bits per heavy atom. The van der Waals surface area contributed by atoms with Crippen molar-refractivity contribution in [2.45, 2.75) is 51.5 Å². The molecule has 0 aliphatic heterocycles.